The summed E-state index contributed by atoms with van der Waals surface area (Å²) in [6, 6.07) is 25.6. The molecule has 2 N–H and O–H groups in total. The standard InChI is InChI=1S/C33H31N3O5/c1-2-17-41-26-14-12-23(13-15-26)29-27-28(31(38)36(30(27)37)20-25-9-5-6-16-34-25)33(35-29,32(39)40)19-21-10-11-22-7-3-4-8-24(22)18-21/h3-16,18,27-29,35H,2,17,19-20H2,1H3,(H,39,40). The molecule has 8 heteroatoms. The van der Waals surface area contributed by atoms with Crippen molar-refractivity contribution in [1.29, 1.82) is 0 Å². The molecule has 8 nitrogen and oxygen atoms in total. The van der Waals surface area contributed by atoms with E-state index in [1.54, 1.807) is 24.4 Å². The Morgan fingerprint density at radius 3 is 2.44 bits per heavy atom. The van der Waals surface area contributed by atoms with Crippen LogP contribution in [-0.4, -0.2) is 44.9 Å². The number of aliphatic carboxylic acids is 1. The van der Waals surface area contributed by atoms with Gasteiger partial charge < -0.3 is 9.84 Å². The molecule has 6 rings (SSSR count). The van der Waals surface area contributed by atoms with Crippen molar-refractivity contribution in [3.8, 4) is 5.75 Å². The van der Waals surface area contributed by atoms with Crippen LogP contribution in [0, 0.1) is 11.8 Å². The van der Waals surface area contributed by atoms with E-state index in [2.05, 4.69) is 10.3 Å². The van der Waals surface area contributed by atoms with Gasteiger partial charge in [0.1, 0.15) is 11.3 Å². The number of hydrogen-bond donors (Lipinski definition) is 2. The number of carbonyl (C=O) groups is 3. The molecule has 3 aromatic carbocycles. The van der Waals surface area contributed by atoms with Crippen LogP contribution in [0.25, 0.3) is 10.8 Å². The monoisotopic (exact) mass is 549 g/mol. The minimum absolute atomic E-state index is 0.00625. The van der Waals surface area contributed by atoms with Crippen molar-refractivity contribution >= 4 is 28.6 Å². The molecule has 0 radical (unpaired) electrons. The zero-order chi connectivity index (χ0) is 28.6. The minimum Gasteiger partial charge on any atom is -0.494 e. The highest BCUT2D eigenvalue weighted by Crippen LogP contribution is 2.50. The Morgan fingerprint density at radius 1 is 0.976 bits per heavy atom. The normalized spacial score (nSPS) is 23.6. The summed E-state index contributed by atoms with van der Waals surface area (Å²) in [6.07, 6.45) is 2.52. The molecule has 208 valence electrons. The fourth-order valence-corrected chi connectivity index (χ4v) is 6.26. The second-order valence-electron chi connectivity index (χ2n) is 10.8. The van der Waals surface area contributed by atoms with Gasteiger partial charge in [0.05, 0.1) is 30.7 Å². The number of rotatable bonds is 9. The lowest BCUT2D eigenvalue weighted by Crippen LogP contribution is -2.57. The van der Waals surface area contributed by atoms with Crippen LogP contribution in [-0.2, 0) is 27.3 Å². The number of nitrogens with zero attached hydrogens (tertiary/aromatic N) is 2. The maximum absolute atomic E-state index is 14.0. The average Bonchev–Trinajstić information content (AvgIpc) is 3.46. The molecule has 2 aliphatic heterocycles. The number of fused-ring (bicyclic) bond motifs is 2. The van der Waals surface area contributed by atoms with E-state index in [0.717, 1.165) is 28.3 Å². The van der Waals surface area contributed by atoms with Crippen molar-refractivity contribution in [3.63, 3.8) is 0 Å². The molecule has 2 aliphatic rings. The largest absolute Gasteiger partial charge is 0.494 e. The fraction of sp³-hybridized carbons (Fsp3) is 0.273. The summed E-state index contributed by atoms with van der Waals surface area (Å²) in [5.74, 6) is -3.33. The number of carbonyl (C=O) groups excluding carboxylic acids is 2. The van der Waals surface area contributed by atoms with Gasteiger partial charge in [-0.2, -0.15) is 0 Å². The Morgan fingerprint density at radius 2 is 1.73 bits per heavy atom. The molecule has 0 bridgehead atoms. The predicted molar refractivity (Wildman–Crippen MR) is 153 cm³/mol. The number of likely N-dealkylation sites (tertiary alicyclic amines) is 1. The molecule has 0 aliphatic carbocycles. The van der Waals surface area contributed by atoms with Gasteiger partial charge in [-0.1, -0.05) is 67.6 Å². The summed E-state index contributed by atoms with van der Waals surface area (Å²) in [7, 11) is 0. The number of ether oxygens (including phenoxy) is 1. The maximum atomic E-state index is 14.0. The lowest BCUT2D eigenvalue weighted by Gasteiger charge is -2.31. The molecule has 4 aromatic rings. The van der Waals surface area contributed by atoms with Gasteiger partial charge in [0, 0.05) is 18.7 Å². The first-order chi connectivity index (χ1) is 19.9. The van der Waals surface area contributed by atoms with Gasteiger partial charge in [-0.05, 0) is 52.6 Å². The number of pyridine rings is 1. The van der Waals surface area contributed by atoms with Crippen LogP contribution in [0.2, 0.25) is 0 Å². The topological polar surface area (TPSA) is 109 Å². The van der Waals surface area contributed by atoms with Gasteiger partial charge in [-0.3, -0.25) is 29.6 Å². The highest BCUT2D eigenvalue weighted by atomic mass is 16.5. The van der Waals surface area contributed by atoms with Crippen LogP contribution in [0.1, 0.15) is 36.2 Å². The molecule has 2 amide bonds. The van der Waals surface area contributed by atoms with E-state index in [1.807, 2.05) is 73.7 Å². The Balaban J connectivity index is 1.41. The number of carboxylic acid groups (broad SMARTS) is 1. The van der Waals surface area contributed by atoms with Crippen LogP contribution in [0.4, 0.5) is 0 Å². The number of amides is 2. The van der Waals surface area contributed by atoms with E-state index >= 15 is 0 Å². The number of nitrogens with one attached hydrogen (secondary N) is 1. The molecule has 2 saturated heterocycles. The Labute approximate surface area is 238 Å². The maximum Gasteiger partial charge on any atom is 0.325 e. The first-order valence-corrected chi connectivity index (χ1v) is 13.9. The van der Waals surface area contributed by atoms with Gasteiger partial charge in [-0.15, -0.1) is 0 Å². The first kappa shape index (κ1) is 26.7. The Kier molecular flexibility index (Phi) is 7.01. The average molecular weight is 550 g/mol. The SMILES string of the molecule is CCCOc1ccc(C2NC(Cc3ccc4ccccc4c3)(C(=O)O)C3C(=O)N(Cc4ccccn4)C(=O)C23)cc1. The van der Waals surface area contributed by atoms with Gasteiger partial charge >= 0.3 is 5.97 Å². The molecule has 0 saturated carbocycles. The van der Waals surface area contributed by atoms with Crippen molar-refractivity contribution in [3.05, 3.63) is 108 Å². The summed E-state index contributed by atoms with van der Waals surface area (Å²) >= 11 is 0. The molecule has 1 aromatic heterocycles. The Bertz CT molecular complexity index is 1610. The third-order valence-electron chi connectivity index (χ3n) is 8.18. The highest BCUT2D eigenvalue weighted by Gasteiger charge is 2.68. The van der Waals surface area contributed by atoms with Crippen molar-refractivity contribution in [2.24, 2.45) is 11.8 Å². The van der Waals surface area contributed by atoms with Crippen LogP contribution < -0.4 is 10.1 Å². The zero-order valence-corrected chi connectivity index (χ0v) is 22.7. The molecule has 4 unspecified atom stereocenters. The number of carboxylic acids is 1. The molecular weight excluding hydrogens is 518 g/mol. The van der Waals surface area contributed by atoms with Crippen molar-refractivity contribution in [2.45, 2.75) is 37.9 Å². The molecular formula is C33H31N3O5. The van der Waals surface area contributed by atoms with Crippen molar-refractivity contribution in [1.82, 2.24) is 15.2 Å². The highest BCUT2D eigenvalue weighted by molar-refractivity contribution is 6.09. The van der Waals surface area contributed by atoms with Crippen molar-refractivity contribution in [2.75, 3.05) is 6.61 Å². The minimum atomic E-state index is -1.69. The third-order valence-corrected chi connectivity index (χ3v) is 8.18. The summed E-state index contributed by atoms with van der Waals surface area (Å²) in [4.78, 5) is 46.7. The van der Waals surface area contributed by atoms with Gasteiger partial charge in [0.25, 0.3) is 0 Å². The fourth-order valence-electron chi connectivity index (χ4n) is 6.26. The first-order valence-electron chi connectivity index (χ1n) is 13.9. The summed E-state index contributed by atoms with van der Waals surface area (Å²) in [6.45, 7) is 2.60. The quantitative estimate of drug-likeness (QED) is 0.295. The number of imide groups is 1. The third kappa shape index (κ3) is 4.74. The molecule has 4 atom stereocenters. The second-order valence-corrected chi connectivity index (χ2v) is 10.8. The van der Waals surface area contributed by atoms with E-state index in [1.165, 1.54) is 4.90 Å². The van der Waals surface area contributed by atoms with Crippen LogP contribution in [0.15, 0.2) is 91.1 Å². The number of aromatic nitrogens is 1. The van der Waals surface area contributed by atoms with Crippen LogP contribution >= 0.6 is 0 Å². The van der Waals surface area contributed by atoms with E-state index < -0.39 is 41.2 Å². The summed E-state index contributed by atoms with van der Waals surface area (Å²) in [5.41, 5.74) is 0.364. The zero-order valence-electron chi connectivity index (χ0n) is 22.7. The number of benzene rings is 3. The smallest absolute Gasteiger partial charge is 0.325 e. The lowest BCUT2D eigenvalue weighted by molar-refractivity contribution is -0.151. The molecule has 2 fully saturated rings. The van der Waals surface area contributed by atoms with E-state index in [0.29, 0.717) is 18.1 Å². The van der Waals surface area contributed by atoms with E-state index in [-0.39, 0.29) is 13.0 Å². The predicted octanol–water partition coefficient (Wildman–Crippen LogP) is 4.54. The lowest BCUT2D eigenvalue weighted by atomic mass is 9.76. The van der Waals surface area contributed by atoms with E-state index in [4.69, 9.17) is 4.74 Å². The second kappa shape index (κ2) is 10.8. The molecule has 3 heterocycles. The molecule has 41 heavy (non-hydrogen) atoms. The van der Waals surface area contributed by atoms with Crippen molar-refractivity contribution < 1.29 is 24.2 Å². The number of hydrogen-bond acceptors (Lipinski definition) is 6. The summed E-state index contributed by atoms with van der Waals surface area (Å²) in [5, 5.41) is 16.1. The Hall–Kier alpha value is -4.56. The van der Waals surface area contributed by atoms with Gasteiger partial charge in [0.15, 0.2) is 0 Å². The summed E-state index contributed by atoms with van der Waals surface area (Å²) < 4.78 is 5.72. The molecule has 0 spiro atoms. The van der Waals surface area contributed by atoms with E-state index in [9.17, 15) is 19.5 Å². The van der Waals surface area contributed by atoms with Crippen LogP contribution in [0.3, 0.4) is 0 Å². The van der Waals surface area contributed by atoms with Crippen LogP contribution in [0.5, 0.6) is 5.75 Å². The van der Waals surface area contributed by atoms with Gasteiger partial charge in [-0.25, -0.2) is 0 Å². The van der Waals surface area contributed by atoms with Gasteiger partial charge in [0.2, 0.25) is 11.8 Å².